The van der Waals surface area contributed by atoms with Gasteiger partial charge in [0.15, 0.2) is 0 Å². The molecule has 2 aromatic carbocycles. The van der Waals surface area contributed by atoms with Crippen LogP contribution in [0.2, 0.25) is 0 Å². The summed E-state index contributed by atoms with van der Waals surface area (Å²) in [6.07, 6.45) is 0. The molecule has 30 heavy (non-hydrogen) atoms. The van der Waals surface area contributed by atoms with Gasteiger partial charge in [-0.15, -0.1) is 0 Å². The Morgan fingerprint density at radius 2 is 1.93 bits per heavy atom. The Kier molecular flexibility index (Phi) is 5.37. The summed E-state index contributed by atoms with van der Waals surface area (Å²) < 4.78 is 16.6. The lowest BCUT2D eigenvalue weighted by Gasteiger charge is -2.29. The first-order valence-electron chi connectivity index (χ1n) is 9.50. The largest absolute Gasteiger partial charge is 0.420 e. The lowest BCUT2D eigenvalue weighted by molar-refractivity contribution is 0.210. The van der Waals surface area contributed by atoms with E-state index in [2.05, 4.69) is 5.32 Å². The van der Waals surface area contributed by atoms with E-state index in [0.29, 0.717) is 36.7 Å². The van der Waals surface area contributed by atoms with Gasteiger partial charge in [-0.2, -0.15) is 4.48 Å². The first kappa shape index (κ1) is 20.5. The topological polar surface area (TPSA) is 77.1 Å². The zero-order chi connectivity index (χ0) is 21.5. The number of amides is 2. The zero-order valence-electron chi connectivity index (χ0n) is 16.4. The smallest absolute Gasteiger partial charge is 0.353 e. The summed E-state index contributed by atoms with van der Waals surface area (Å²) in [6, 6.07) is 15.6. The summed E-state index contributed by atoms with van der Waals surface area (Å²) in [5.74, 6) is 0.0946. The van der Waals surface area contributed by atoms with E-state index < -0.39 is 11.8 Å². The predicted molar refractivity (Wildman–Crippen MR) is 124 cm³/mol. The predicted octanol–water partition coefficient (Wildman–Crippen LogP) is 4.24. The van der Waals surface area contributed by atoms with Crippen molar-refractivity contribution in [3.05, 3.63) is 85.5 Å². The fraction of sp³-hybridized carbons (Fsp3) is 0.182. The molecule has 3 N–H and O–H groups in total. The molecule has 4 rings (SSSR count). The molecule has 154 valence electrons. The van der Waals surface area contributed by atoms with E-state index in [9.17, 15) is 14.0 Å². The molecule has 1 aliphatic rings. The van der Waals surface area contributed by atoms with E-state index in [4.69, 9.17) is 5.73 Å². The van der Waals surface area contributed by atoms with E-state index in [-0.39, 0.29) is 15.7 Å². The second kappa shape index (κ2) is 7.84. The van der Waals surface area contributed by atoms with E-state index in [1.54, 1.807) is 29.7 Å². The maximum Gasteiger partial charge on any atom is 0.420 e. The second-order valence-electron chi connectivity index (χ2n) is 7.42. The maximum absolute atomic E-state index is 14.4. The fourth-order valence-electron chi connectivity index (χ4n) is 3.91. The van der Waals surface area contributed by atoms with Crippen LogP contribution in [0, 0.1) is 16.3 Å². The highest BCUT2D eigenvalue weighted by atomic mass is 127. The number of fused-ring (bicyclic) bond motifs is 1. The molecule has 0 radical (unpaired) electrons. The molecule has 3 aromatic rings. The van der Waals surface area contributed by atoms with Gasteiger partial charge in [0.1, 0.15) is 18.9 Å². The zero-order valence-corrected chi connectivity index (χ0v) is 18.5. The number of nitrogens with one attached hydrogen (secondary N) is 1. The molecule has 8 heteroatoms. The van der Waals surface area contributed by atoms with Gasteiger partial charge in [-0.25, -0.2) is 9.18 Å². The number of nitrogens with two attached hydrogens (primary N) is 1. The molecule has 6 nitrogen and oxygen atoms in total. The highest BCUT2D eigenvalue weighted by Gasteiger charge is 2.45. The number of carbonyl (C=O) groups excluding carboxylic acids is 1. The number of benzene rings is 2. The van der Waals surface area contributed by atoms with Crippen LogP contribution < -0.4 is 21.1 Å². The van der Waals surface area contributed by atoms with Crippen LogP contribution in [-0.2, 0) is 13.1 Å². The normalized spacial score (nSPS) is 17.6. The van der Waals surface area contributed by atoms with Crippen molar-refractivity contribution in [1.82, 2.24) is 9.05 Å². The molecule has 1 aromatic heterocycles. The van der Waals surface area contributed by atoms with Gasteiger partial charge < -0.3 is 11.1 Å². The Morgan fingerprint density at radius 1 is 1.20 bits per heavy atom. The standard InChI is InChI=1S/C22H20FIN4O2/c1-14-19(26-18-8-7-16(24)11-17(18)23)12-20-27(21(14)29)9-10-28(20,22(25)30)13-15-5-3-2-4-6-15/h2-8,11-12H,9-10,13H2,1H3,(H2-,25,26,29,30)/p+1. The van der Waals surface area contributed by atoms with Crippen molar-refractivity contribution in [2.24, 2.45) is 5.73 Å². The minimum absolute atomic E-state index is 0.163. The molecule has 2 heterocycles. The lowest BCUT2D eigenvalue weighted by atomic mass is 10.1. The average Bonchev–Trinajstić information content (AvgIpc) is 3.08. The van der Waals surface area contributed by atoms with Crippen LogP contribution in [0.15, 0.2) is 59.4 Å². The first-order chi connectivity index (χ1) is 14.3. The third-order valence-corrected chi connectivity index (χ3v) is 6.25. The molecule has 0 saturated heterocycles. The molecule has 2 amide bonds. The molecule has 0 saturated carbocycles. The number of carbonyl (C=O) groups is 1. The Bertz CT molecular complexity index is 1200. The van der Waals surface area contributed by atoms with Crippen LogP contribution >= 0.6 is 22.6 Å². The van der Waals surface area contributed by atoms with Gasteiger partial charge in [0, 0.05) is 20.8 Å². The Morgan fingerprint density at radius 3 is 2.60 bits per heavy atom. The summed E-state index contributed by atoms with van der Waals surface area (Å²) in [5.41, 5.74) is 7.78. The van der Waals surface area contributed by atoms with Gasteiger partial charge >= 0.3 is 6.03 Å². The van der Waals surface area contributed by atoms with Crippen molar-refractivity contribution >= 4 is 45.8 Å². The van der Waals surface area contributed by atoms with Gasteiger partial charge in [0.25, 0.3) is 5.56 Å². The van der Waals surface area contributed by atoms with Crippen molar-refractivity contribution in [3.63, 3.8) is 0 Å². The third kappa shape index (κ3) is 3.50. The quantitative estimate of drug-likeness (QED) is 0.400. The van der Waals surface area contributed by atoms with Gasteiger partial charge in [0.05, 0.1) is 17.9 Å². The van der Waals surface area contributed by atoms with Crippen molar-refractivity contribution in [3.8, 4) is 0 Å². The van der Waals surface area contributed by atoms with E-state index in [1.807, 2.05) is 52.9 Å². The molecule has 0 aliphatic carbocycles. The number of primary amides is 1. The number of quaternary nitrogens is 1. The number of urea groups is 1. The summed E-state index contributed by atoms with van der Waals surface area (Å²) in [5, 5.41) is 3.03. The first-order valence-corrected chi connectivity index (χ1v) is 10.6. The lowest BCUT2D eigenvalue weighted by Crippen LogP contribution is -2.55. The van der Waals surface area contributed by atoms with Gasteiger partial charge in [-0.05, 0) is 47.7 Å². The molecule has 0 bridgehead atoms. The van der Waals surface area contributed by atoms with Crippen molar-refractivity contribution in [2.45, 2.75) is 20.0 Å². The van der Waals surface area contributed by atoms with Crippen molar-refractivity contribution < 1.29 is 9.18 Å². The molecular formula is C22H21FIN4O2+. The molecule has 0 spiro atoms. The summed E-state index contributed by atoms with van der Waals surface area (Å²) in [6.45, 7) is 2.82. The monoisotopic (exact) mass is 519 g/mol. The average molecular weight is 519 g/mol. The Hall–Kier alpha value is -2.72. The highest BCUT2D eigenvalue weighted by Crippen LogP contribution is 2.35. The SMILES string of the molecule is Cc1c(Nc2ccc(I)cc2F)cc2n(c1=O)CC[N+]2(Cc1ccccc1)C(N)=O. The van der Waals surface area contributed by atoms with Crippen LogP contribution in [0.4, 0.5) is 26.4 Å². The van der Waals surface area contributed by atoms with Crippen molar-refractivity contribution in [1.29, 1.82) is 0 Å². The minimum Gasteiger partial charge on any atom is -0.353 e. The fourth-order valence-corrected chi connectivity index (χ4v) is 4.37. The second-order valence-corrected chi connectivity index (χ2v) is 8.67. The Balaban J connectivity index is 1.83. The van der Waals surface area contributed by atoms with Gasteiger partial charge in [0.2, 0.25) is 5.82 Å². The van der Waals surface area contributed by atoms with Gasteiger partial charge in [-0.3, -0.25) is 9.36 Å². The number of hydrogen-bond acceptors (Lipinski definition) is 3. The number of anilines is 2. The van der Waals surface area contributed by atoms with Crippen LogP contribution in [0.25, 0.3) is 0 Å². The molecular weight excluding hydrogens is 498 g/mol. The van der Waals surface area contributed by atoms with Crippen LogP contribution in [0.1, 0.15) is 11.1 Å². The van der Waals surface area contributed by atoms with Crippen LogP contribution in [0.3, 0.4) is 0 Å². The molecule has 0 fully saturated rings. The number of halogens is 2. The summed E-state index contributed by atoms with van der Waals surface area (Å²) in [4.78, 5) is 25.7. The number of nitrogens with zero attached hydrogens (tertiary/aromatic N) is 2. The van der Waals surface area contributed by atoms with Crippen molar-refractivity contribution in [2.75, 3.05) is 11.9 Å². The maximum atomic E-state index is 14.4. The molecule has 1 atom stereocenters. The number of pyridine rings is 1. The van der Waals surface area contributed by atoms with E-state index in [0.717, 1.165) is 9.13 Å². The van der Waals surface area contributed by atoms with E-state index in [1.165, 1.54) is 6.07 Å². The summed E-state index contributed by atoms with van der Waals surface area (Å²) in [7, 11) is 0. The molecule has 1 unspecified atom stereocenters. The Labute approximate surface area is 186 Å². The number of rotatable bonds is 4. The molecule has 1 aliphatic heterocycles. The summed E-state index contributed by atoms with van der Waals surface area (Å²) >= 11 is 2.04. The minimum atomic E-state index is -0.528. The van der Waals surface area contributed by atoms with Crippen LogP contribution in [0.5, 0.6) is 0 Å². The van der Waals surface area contributed by atoms with Gasteiger partial charge in [-0.1, -0.05) is 30.3 Å². The third-order valence-electron chi connectivity index (χ3n) is 5.58. The number of hydrogen-bond donors (Lipinski definition) is 2. The van der Waals surface area contributed by atoms with E-state index >= 15 is 0 Å². The highest BCUT2D eigenvalue weighted by molar-refractivity contribution is 14.1. The number of aromatic nitrogens is 1. The van der Waals surface area contributed by atoms with Crippen LogP contribution in [-0.4, -0.2) is 17.1 Å².